The molecule has 0 fully saturated rings. The van der Waals surface area contributed by atoms with Gasteiger partial charge >= 0.3 is 0 Å². The van der Waals surface area contributed by atoms with Gasteiger partial charge in [-0.05, 0) is 188 Å². The van der Waals surface area contributed by atoms with Crippen molar-refractivity contribution < 1.29 is 17.6 Å². The van der Waals surface area contributed by atoms with Gasteiger partial charge in [0.15, 0.2) is 20.5 Å². The quantitative estimate of drug-likeness (QED) is 0.0495. The lowest BCUT2D eigenvalue weighted by Gasteiger charge is -2.21. The second-order valence-corrected chi connectivity index (χ2v) is 45.7. The highest BCUT2D eigenvalue weighted by atomic mass is 32.1. The molecule has 4 aromatic heterocycles. The summed E-state index contributed by atoms with van der Waals surface area (Å²) in [6, 6.07) is 36.8. The highest BCUT2D eigenvalue weighted by Crippen LogP contribution is 2.43. The summed E-state index contributed by atoms with van der Waals surface area (Å²) in [7, 11) is -6.97. The summed E-state index contributed by atoms with van der Waals surface area (Å²) in [6.07, 6.45) is 0. The Labute approximate surface area is 491 Å². The summed E-state index contributed by atoms with van der Waals surface area (Å²) >= 11 is 4.70. The van der Waals surface area contributed by atoms with E-state index in [1.54, 1.807) is 24.3 Å². The smallest absolute Gasteiger partial charge is 0.177 e. The summed E-state index contributed by atoms with van der Waals surface area (Å²) < 4.78 is 61.5. The van der Waals surface area contributed by atoms with E-state index in [9.17, 15) is 17.6 Å². The zero-order valence-electron chi connectivity index (χ0n) is 48.6. The molecule has 0 amide bonds. The molecule has 12 heteroatoms. The van der Waals surface area contributed by atoms with Crippen LogP contribution in [0.4, 0.5) is 17.6 Å². The molecule has 0 bridgehead atoms. The van der Waals surface area contributed by atoms with E-state index in [4.69, 9.17) is 0 Å². The van der Waals surface area contributed by atoms with Crippen LogP contribution in [0, 0.1) is 66.4 Å². The first-order chi connectivity index (χ1) is 38.5. The van der Waals surface area contributed by atoms with Crippen LogP contribution >= 0.6 is 45.3 Å². The van der Waals surface area contributed by atoms with Crippen LogP contribution in [0.5, 0.6) is 0 Å². The van der Waals surface area contributed by atoms with Gasteiger partial charge in [0.25, 0.3) is 0 Å². The third-order valence-corrected chi connectivity index (χ3v) is 41.0. The van der Waals surface area contributed by atoms with E-state index < -0.39 is 32.3 Å². The largest absolute Gasteiger partial charge is 0.195 e. The van der Waals surface area contributed by atoms with Crippen LogP contribution in [0.2, 0.25) is 72.5 Å². The van der Waals surface area contributed by atoms with Crippen molar-refractivity contribution in [2.75, 3.05) is 0 Å². The predicted octanol–water partition coefficient (Wildman–Crippen LogP) is 23.0. The van der Waals surface area contributed by atoms with Crippen molar-refractivity contribution in [3.63, 3.8) is 0 Å². The Bertz CT molecular complexity index is 3520. The molecule has 412 valence electrons. The minimum Gasteiger partial charge on any atom is -0.195 e. The van der Waals surface area contributed by atoms with E-state index in [1.807, 2.05) is 0 Å². The molecule has 0 aliphatic heterocycles. The number of thiophene rings is 4. The maximum Gasteiger partial charge on any atom is 0.177 e. The zero-order valence-corrected chi connectivity index (χ0v) is 55.8. The molecule has 0 aliphatic rings. The molecule has 0 aliphatic carbocycles. The van der Waals surface area contributed by atoms with Crippen molar-refractivity contribution in [2.45, 2.75) is 156 Å². The van der Waals surface area contributed by atoms with Gasteiger partial charge in [-0.3, -0.25) is 0 Å². The summed E-state index contributed by atoms with van der Waals surface area (Å²) in [5.74, 6) is 14.8. The number of benzene rings is 6. The molecule has 0 N–H and O–H groups in total. The van der Waals surface area contributed by atoms with E-state index in [0.717, 1.165) is 178 Å². The Morgan fingerprint density at radius 3 is 0.588 bits per heavy atom. The standard InChI is InChI=1S/2C34H36F2S2Si2/c1-7-39(8-2,9-3)15-13-25-27-17-23-19-33(35)38-32(23)22-30(27)26(14-16-40(10-4,11-5)12-6)28-18-24-20-34(36)37-31(24)21-29(25)28;1-7-39(8-2,9-3)15-13-25-27-17-23-19-33(35)37-31(23)21-29(27)26(14-16-40(10-4,11-5)12-6)30-22-32-24(18-28(25)30)20-34(36)38-32/h2*17-22H,7-12H2,1-6H3. The van der Waals surface area contributed by atoms with E-state index in [1.165, 1.54) is 45.3 Å². The van der Waals surface area contributed by atoms with Crippen LogP contribution in [0.15, 0.2) is 72.8 Å². The van der Waals surface area contributed by atoms with Crippen molar-refractivity contribution in [3.8, 4) is 45.9 Å². The summed E-state index contributed by atoms with van der Waals surface area (Å²) in [6.45, 7) is 27.2. The highest BCUT2D eigenvalue weighted by molar-refractivity contribution is 7.18. The van der Waals surface area contributed by atoms with Crippen molar-refractivity contribution in [1.82, 2.24) is 0 Å². The Balaban J connectivity index is 0.000000194. The van der Waals surface area contributed by atoms with Gasteiger partial charge in [-0.25, -0.2) is 0 Å². The number of rotatable bonds is 12. The Kier molecular flexibility index (Phi) is 18.2. The first kappa shape index (κ1) is 59.6. The summed E-state index contributed by atoms with van der Waals surface area (Å²) in [4.78, 5) is 0. The molecule has 4 heterocycles. The van der Waals surface area contributed by atoms with E-state index >= 15 is 0 Å². The molecule has 0 saturated carbocycles. The van der Waals surface area contributed by atoms with Gasteiger partial charge in [-0.2, -0.15) is 17.6 Å². The molecule has 0 saturated heterocycles. The van der Waals surface area contributed by atoms with Gasteiger partial charge in [-0.15, -0.1) is 67.5 Å². The average Bonchev–Trinajstić information content (AvgIpc) is 4.40. The number of hydrogen-bond acceptors (Lipinski definition) is 4. The fraction of sp³-hybridized carbons (Fsp3) is 0.353. The molecular formula is C68H72F4S4Si4. The van der Waals surface area contributed by atoms with E-state index in [2.05, 4.69) is 177 Å². The molecule has 0 radical (unpaired) electrons. The fourth-order valence-electron chi connectivity index (χ4n) is 11.8. The van der Waals surface area contributed by atoms with Crippen LogP contribution in [0.1, 0.15) is 105 Å². The van der Waals surface area contributed by atoms with Gasteiger partial charge in [0.2, 0.25) is 0 Å². The Hall–Kier alpha value is -4.97. The van der Waals surface area contributed by atoms with Crippen molar-refractivity contribution >= 4 is 161 Å². The number of fused-ring (bicyclic) bond motifs is 8. The number of halogens is 4. The van der Waals surface area contributed by atoms with E-state index in [0.29, 0.717) is 0 Å². The lowest BCUT2D eigenvalue weighted by Crippen LogP contribution is -2.29. The van der Waals surface area contributed by atoms with E-state index in [-0.39, 0.29) is 20.5 Å². The third kappa shape index (κ3) is 11.3. The maximum atomic E-state index is 14.5. The van der Waals surface area contributed by atoms with Gasteiger partial charge in [-0.1, -0.05) is 107 Å². The monoisotopic (exact) mass is 1200 g/mol. The van der Waals surface area contributed by atoms with Crippen molar-refractivity contribution in [3.05, 3.63) is 116 Å². The molecule has 10 rings (SSSR count). The number of hydrogen-bond donors (Lipinski definition) is 0. The first-order valence-electron chi connectivity index (χ1n) is 29.0. The SMILES string of the molecule is CC[Si](C#Cc1c2cc3cc(F)sc3cc2c(C#C[Si](CC)(CC)CC)c2cc3cc(F)sc3cc12)(CC)CC.CC[Si](C#Cc1c2cc3cc(F)sc3cc2c(C#C[Si](CC)(CC)CC)c2cc3sc(F)cc3cc12)(CC)CC. The minimum atomic E-state index is -1.74. The highest BCUT2D eigenvalue weighted by Gasteiger charge is 2.29. The van der Waals surface area contributed by atoms with Crippen molar-refractivity contribution in [1.29, 1.82) is 0 Å². The minimum absolute atomic E-state index is 0.185. The molecule has 0 spiro atoms. The van der Waals surface area contributed by atoms with Gasteiger partial charge in [0, 0.05) is 62.6 Å². The molecule has 6 aromatic carbocycles. The molecule has 0 nitrogen and oxygen atoms in total. The summed E-state index contributed by atoms with van der Waals surface area (Å²) in [5.41, 5.74) is 19.1. The topological polar surface area (TPSA) is 0 Å². The summed E-state index contributed by atoms with van der Waals surface area (Å²) in [5, 5.41) is 11.0. The van der Waals surface area contributed by atoms with Crippen LogP contribution in [-0.4, -0.2) is 32.3 Å². The van der Waals surface area contributed by atoms with Gasteiger partial charge < -0.3 is 0 Å². The molecule has 0 atom stereocenters. The molecule has 80 heavy (non-hydrogen) atoms. The zero-order chi connectivity index (χ0) is 57.3. The van der Waals surface area contributed by atoms with Crippen LogP contribution in [0.25, 0.3) is 83.4 Å². The predicted molar refractivity (Wildman–Crippen MR) is 361 cm³/mol. The van der Waals surface area contributed by atoms with Crippen LogP contribution in [0.3, 0.4) is 0 Å². The third-order valence-electron chi connectivity index (χ3n) is 18.6. The Morgan fingerprint density at radius 2 is 0.425 bits per heavy atom. The molecule has 0 unspecified atom stereocenters. The van der Waals surface area contributed by atoms with Gasteiger partial charge in [0.05, 0.1) is 0 Å². The lowest BCUT2D eigenvalue weighted by atomic mass is 9.91. The van der Waals surface area contributed by atoms with Crippen molar-refractivity contribution in [2.24, 2.45) is 0 Å². The van der Waals surface area contributed by atoms with Gasteiger partial charge in [0.1, 0.15) is 32.3 Å². The van der Waals surface area contributed by atoms with Crippen LogP contribution < -0.4 is 0 Å². The first-order valence-corrected chi connectivity index (χ1v) is 42.8. The fourth-order valence-corrected chi connectivity index (χ4v) is 24.7. The normalized spacial score (nSPS) is 12.2. The lowest BCUT2D eigenvalue weighted by molar-refractivity contribution is 0.658. The molecule has 10 aromatic rings. The maximum absolute atomic E-state index is 14.5. The average molecular weight is 1210 g/mol. The second-order valence-electron chi connectivity index (χ2n) is 21.8. The Morgan fingerprint density at radius 1 is 0.263 bits per heavy atom. The molecular weight excluding hydrogens is 1130 g/mol. The second kappa shape index (κ2) is 24.5. The van der Waals surface area contributed by atoms with Crippen LogP contribution in [-0.2, 0) is 0 Å².